The van der Waals surface area contributed by atoms with Gasteiger partial charge in [0.2, 0.25) is 0 Å². The number of hydrogen-bond acceptors (Lipinski definition) is 3. The van der Waals surface area contributed by atoms with Crippen molar-refractivity contribution in [2.24, 2.45) is 0 Å². The van der Waals surface area contributed by atoms with Gasteiger partial charge >= 0.3 is 5.97 Å². The van der Waals surface area contributed by atoms with Crippen LogP contribution in [-0.4, -0.2) is 19.2 Å². The number of carbonyl (C=O) groups excluding carboxylic acids is 1. The third-order valence-corrected chi connectivity index (χ3v) is 3.45. The molecule has 1 aliphatic rings. The maximum Gasteiger partial charge on any atom is 0.305 e. The summed E-state index contributed by atoms with van der Waals surface area (Å²) < 4.78 is 10.3. The van der Waals surface area contributed by atoms with Crippen LogP contribution in [0.5, 0.6) is 5.75 Å². The molecule has 0 saturated carbocycles. The van der Waals surface area contributed by atoms with Crippen LogP contribution in [-0.2, 0) is 16.0 Å². The van der Waals surface area contributed by atoms with Gasteiger partial charge in [-0.3, -0.25) is 4.79 Å². The number of carbonyl (C=O) groups is 1. The summed E-state index contributed by atoms with van der Waals surface area (Å²) in [5.41, 5.74) is 2.25. The van der Waals surface area contributed by atoms with Crippen molar-refractivity contribution in [2.75, 3.05) is 13.2 Å². The van der Waals surface area contributed by atoms with Crippen LogP contribution in [0.15, 0.2) is 18.2 Å². The molecule has 0 aromatic heterocycles. The molecule has 1 aromatic rings. The molecule has 1 atom stereocenters. The maximum atomic E-state index is 11.3. The fourth-order valence-corrected chi connectivity index (χ4v) is 2.29. The molecule has 3 nitrogen and oxygen atoms in total. The van der Waals surface area contributed by atoms with Crippen LogP contribution in [0.3, 0.4) is 0 Å². The Bertz CT molecular complexity index is 431. The van der Waals surface area contributed by atoms with Crippen LogP contribution in [0.1, 0.15) is 36.3 Å². The standard InChI is InChI=1S/C14H17ClO3/c1-2-17-14(16)6-4-12(15)10-3-5-13-11(9-10)7-8-18-13/h3,5,9,12H,2,4,6-8H2,1H3. The quantitative estimate of drug-likeness (QED) is 0.607. The van der Waals surface area contributed by atoms with Crippen LogP contribution in [0.2, 0.25) is 0 Å². The van der Waals surface area contributed by atoms with Crippen LogP contribution in [0.25, 0.3) is 0 Å². The first-order chi connectivity index (χ1) is 8.70. The van der Waals surface area contributed by atoms with Crippen molar-refractivity contribution >= 4 is 17.6 Å². The highest BCUT2D eigenvalue weighted by atomic mass is 35.5. The highest BCUT2D eigenvalue weighted by molar-refractivity contribution is 6.20. The number of fused-ring (bicyclic) bond motifs is 1. The van der Waals surface area contributed by atoms with E-state index in [9.17, 15) is 4.79 Å². The molecule has 1 aromatic carbocycles. The van der Waals surface area contributed by atoms with E-state index >= 15 is 0 Å². The first kappa shape index (κ1) is 13.2. The smallest absolute Gasteiger partial charge is 0.305 e. The Labute approximate surface area is 112 Å². The molecular formula is C14H17ClO3. The Kier molecular flexibility index (Phi) is 4.48. The average molecular weight is 269 g/mol. The Morgan fingerprint density at radius 1 is 1.56 bits per heavy atom. The molecule has 1 heterocycles. The first-order valence-electron chi connectivity index (χ1n) is 6.26. The summed E-state index contributed by atoms with van der Waals surface area (Å²) in [5, 5.41) is -0.152. The van der Waals surface area contributed by atoms with Crippen molar-refractivity contribution in [1.82, 2.24) is 0 Å². The minimum absolute atomic E-state index is 0.152. The van der Waals surface area contributed by atoms with Crippen molar-refractivity contribution in [1.29, 1.82) is 0 Å². The summed E-state index contributed by atoms with van der Waals surface area (Å²) in [6, 6.07) is 6.00. The molecule has 2 rings (SSSR count). The highest BCUT2D eigenvalue weighted by Crippen LogP contribution is 2.32. The zero-order valence-corrected chi connectivity index (χ0v) is 11.2. The molecule has 0 saturated heterocycles. The zero-order valence-electron chi connectivity index (χ0n) is 10.4. The van der Waals surface area contributed by atoms with E-state index < -0.39 is 0 Å². The van der Waals surface area contributed by atoms with E-state index in [1.165, 1.54) is 5.56 Å². The van der Waals surface area contributed by atoms with Gasteiger partial charge in [0.1, 0.15) is 5.75 Å². The molecule has 1 unspecified atom stereocenters. The molecule has 98 valence electrons. The van der Waals surface area contributed by atoms with E-state index in [0.29, 0.717) is 19.4 Å². The molecule has 0 spiro atoms. The van der Waals surface area contributed by atoms with Gasteiger partial charge in [-0.15, -0.1) is 11.6 Å². The summed E-state index contributed by atoms with van der Waals surface area (Å²) in [5.74, 6) is 0.764. The Morgan fingerprint density at radius 3 is 3.17 bits per heavy atom. The van der Waals surface area contributed by atoms with Crippen LogP contribution in [0.4, 0.5) is 0 Å². The second-order valence-corrected chi connectivity index (χ2v) is 4.80. The number of rotatable bonds is 5. The van der Waals surface area contributed by atoms with E-state index in [1.807, 2.05) is 12.1 Å². The van der Waals surface area contributed by atoms with Gasteiger partial charge in [0.15, 0.2) is 0 Å². The summed E-state index contributed by atoms with van der Waals surface area (Å²) in [7, 11) is 0. The van der Waals surface area contributed by atoms with E-state index in [2.05, 4.69) is 6.07 Å². The largest absolute Gasteiger partial charge is 0.493 e. The van der Waals surface area contributed by atoms with Crippen molar-refractivity contribution in [3.8, 4) is 5.75 Å². The number of halogens is 1. The van der Waals surface area contributed by atoms with E-state index in [-0.39, 0.29) is 11.3 Å². The lowest BCUT2D eigenvalue weighted by molar-refractivity contribution is -0.143. The van der Waals surface area contributed by atoms with Gasteiger partial charge in [0, 0.05) is 12.8 Å². The van der Waals surface area contributed by atoms with Crippen LogP contribution in [0, 0.1) is 0 Å². The minimum atomic E-state index is -0.187. The number of benzene rings is 1. The normalized spacial score (nSPS) is 14.8. The number of esters is 1. The Hall–Kier alpha value is -1.22. The molecule has 1 aliphatic heterocycles. The summed E-state index contributed by atoms with van der Waals surface area (Å²) in [4.78, 5) is 11.3. The molecule has 0 bridgehead atoms. The number of hydrogen-bond donors (Lipinski definition) is 0. The molecular weight excluding hydrogens is 252 g/mol. The first-order valence-corrected chi connectivity index (χ1v) is 6.69. The minimum Gasteiger partial charge on any atom is -0.493 e. The fourth-order valence-electron chi connectivity index (χ4n) is 2.05. The predicted molar refractivity (Wildman–Crippen MR) is 70.1 cm³/mol. The molecule has 0 aliphatic carbocycles. The molecule has 18 heavy (non-hydrogen) atoms. The predicted octanol–water partition coefficient (Wildman–Crippen LogP) is 3.24. The lowest BCUT2D eigenvalue weighted by atomic mass is 10.0. The third kappa shape index (κ3) is 3.16. The summed E-state index contributed by atoms with van der Waals surface area (Å²) in [6.45, 7) is 2.97. The van der Waals surface area contributed by atoms with Crippen LogP contribution >= 0.6 is 11.6 Å². The SMILES string of the molecule is CCOC(=O)CCC(Cl)c1ccc2c(c1)CCO2. The van der Waals surface area contributed by atoms with Gasteiger partial charge in [0.25, 0.3) is 0 Å². The number of ether oxygens (including phenoxy) is 2. The highest BCUT2D eigenvalue weighted by Gasteiger charge is 2.16. The molecule has 0 amide bonds. The Balaban J connectivity index is 1.92. The van der Waals surface area contributed by atoms with E-state index in [4.69, 9.17) is 21.1 Å². The summed E-state index contributed by atoms with van der Waals surface area (Å²) >= 11 is 6.30. The lowest BCUT2D eigenvalue weighted by Crippen LogP contribution is -2.05. The molecule has 0 fully saturated rings. The second-order valence-electron chi connectivity index (χ2n) is 4.28. The Morgan fingerprint density at radius 2 is 2.39 bits per heavy atom. The van der Waals surface area contributed by atoms with Gasteiger partial charge in [0.05, 0.1) is 18.6 Å². The summed E-state index contributed by atoms with van der Waals surface area (Å²) in [6.07, 6.45) is 1.89. The van der Waals surface area contributed by atoms with E-state index in [0.717, 1.165) is 24.3 Å². The van der Waals surface area contributed by atoms with Crippen molar-refractivity contribution in [3.05, 3.63) is 29.3 Å². The maximum absolute atomic E-state index is 11.3. The molecule has 0 N–H and O–H groups in total. The van der Waals surface area contributed by atoms with Crippen molar-refractivity contribution in [2.45, 2.75) is 31.6 Å². The molecule has 4 heteroatoms. The second kappa shape index (κ2) is 6.10. The number of alkyl halides is 1. The van der Waals surface area contributed by atoms with Gasteiger partial charge in [-0.05, 0) is 30.5 Å². The zero-order chi connectivity index (χ0) is 13.0. The monoisotopic (exact) mass is 268 g/mol. The average Bonchev–Trinajstić information content (AvgIpc) is 2.83. The lowest BCUT2D eigenvalue weighted by Gasteiger charge is -2.10. The van der Waals surface area contributed by atoms with Gasteiger partial charge in [-0.25, -0.2) is 0 Å². The molecule has 0 radical (unpaired) electrons. The van der Waals surface area contributed by atoms with E-state index in [1.54, 1.807) is 6.92 Å². The topological polar surface area (TPSA) is 35.5 Å². The van der Waals surface area contributed by atoms with Crippen molar-refractivity contribution in [3.63, 3.8) is 0 Å². The van der Waals surface area contributed by atoms with Gasteiger partial charge < -0.3 is 9.47 Å². The third-order valence-electron chi connectivity index (χ3n) is 2.98. The van der Waals surface area contributed by atoms with Crippen LogP contribution < -0.4 is 4.74 Å². The van der Waals surface area contributed by atoms with Gasteiger partial charge in [-0.2, -0.15) is 0 Å². The van der Waals surface area contributed by atoms with Gasteiger partial charge in [-0.1, -0.05) is 12.1 Å². The fraction of sp³-hybridized carbons (Fsp3) is 0.500. The van der Waals surface area contributed by atoms with Crippen molar-refractivity contribution < 1.29 is 14.3 Å².